The first-order valence-electron chi connectivity index (χ1n) is 8.08. The van der Waals surface area contributed by atoms with Gasteiger partial charge in [-0.15, -0.1) is 11.8 Å². The van der Waals surface area contributed by atoms with Crippen molar-refractivity contribution in [2.75, 3.05) is 18.2 Å². The van der Waals surface area contributed by atoms with Gasteiger partial charge < -0.3 is 14.5 Å². The minimum atomic E-state index is -0.452. The minimum Gasteiger partial charge on any atom is -0.490 e. The van der Waals surface area contributed by atoms with Gasteiger partial charge in [0.25, 0.3) is 0 Å². The first-order valence-corrected chi connectivity index (χ1v) is 9.31. The SMILES string of the molecule is CCOc1c(F)c(SC)c2[nH]ncc2c1-c1cn2cc(NC=O)nc2cn1. The Morgan fingerprint density at radius 3 is 3.00 bits per heavy atom. The van der Waals surface area contributed by atoms with Gasteiger partial charge >= 0.3 is 0 Å². The van der Waals surface area contributed by atoms with Crippen molar-refractivity contribution in [3.05, 3.63) is 30.6 Å². The van der Waals surface area contributed by atoms with Gasteiger partial charge in [-0.25, -0.2) is 9.37 Å². The van der Waals surface area contributed by atoms with E-state index in [0.717, 1.165) is 0 Å². The van der Waals surface area contributed by atoms with E-state index in [1.807, 2.05) is 0 Å². The Balaban J connectivity index is 1.99. The molecule has 0 radical (unpaired) electrons. The van der Waals surface area contributed by atoms with Crippen molar-refractivity contribution in [3.8, 4) is 17.0 Å². The van der Waals surface area contributed by atoms with Gasteiger partial charge in [-0.1, -0.05) is 0 Å². The molecule has 4 rings (SSSR count). The molecule has 0 saturated carbocycles. The molecule has 0 aliphatic heterocycles. The average Bonchev–Trinajstić information content (AvgIpc) is 3.29. The van der Waals surface area contributed by atoms with E-state index in [2.05, 4.69) is 25.5 Å². The number of imidazole rings is 1. The number of amides is 1. The van der Waals surface area contributed by atoms with Crippen LogP contribution in [0.4, 0.5) is 10.2 Å². The lowest BCUT2D eigenvalue weighted by Gasteiger charge is -2.15. The Morgan fingerprint density at radius 2 is 2.26 bits per heavy atom. The van der Waals surface area contributed by atoms with Crippen LogP contribution in [0.15, 0.2) is 29.7 Å². The lowest BCUT2D eigenvalue weighted by Crippen LogP contribution is -2.01. The predicted molar refractivity (Wildman–Crippen MR) is 101 cm³/mol. The van der Waals surface area contributed by atoms with Crippen LogP contribution in [0.25, 0.3) is 27.8 Å². The second kappa shape index (κ2) is 6.88. The van der Waals surface area contributed by atoms with E-state index in [4.69, 9.17) is 4.74 Å². The molecule has 2 N–H and O–H groups in total. The Hall–Kier alpha value is -3.14. The minimum absolute atomic E-state index is 0.133. The highest BCUT2D eigenvalue weighted by atomic mass is 32.2. The Labute approximate surface area is 157 Å². The van der Waals surface area contributed by atoms with Crippen molar-refractivity contribution in [1.29, 1.82) is 0 Å². The third-order valence-corrected chi connectivity index (χ3v) is 4.85. The monoisotopic (exact) mass is 386 g/mol. The summed E-state index contributed by atoms with van der Waals surface area (Å²) in [6.45, 7) is 2.10. The molecular formula is C17H15FN6O2S. The molecule has 0 aliphatic rings. The molecule has 0 spiro atoms. The fraction of sp³-hybridized carbons (Fsp3) is 0.176. The van der Waals surface area contributed by atoms with Gasteiger partial charge in [-0.3, -0.25) is 14.9 Å². The number of rotatable bonds is 6. The van der Waals surface area contributed by atoms with Crippen molar-refractivity contribution in [2.45, 2.75) is 11.8 Å². The van der Waals surface area contributed by atoms with Crippen LogP contribution in [-0.2, 0) is 4.79 Å². The van der Waals surface area contributed by atoms with E-state index in [0.29, 0.717) is 51.5 Å². The van der Waals surface area contributed by atoms with Crippen molar-refractivity contribution >= 4 is 40.5 Å². The fourth-order valence-corrected chi connectivity index (χ4v) is 3.61. The molecule has 3 heterocycles. The highest BCUT2D eigenvalue weighted by molar-refractivity contribution is 7.98. The van der Waals surface area contributed by atoms with Gasteiger partial charge in [0.1, 0.15) is 0 Å². The van der Waals surface area contributed by atoms with Crippen LogP contribution in [0.3, 0.4) is 0 Å². The van der Waals surface area contributed by atoms with Crippen molar-refractivity contribution < 1.29 is 13.9 Å². The molecule has 1 aromatic carbocycles. The topological polar surface area (TPSA) is 97.2 Å². The molecular weight excluding hydrogens is 371 g/mol. The number of fused-ring (bicyclic) bond motifs is 2. The number of nitrogens with one attached hydrogen (secondary N) is 2. The van der Waals surface area contributed by atoms with E-state index in [9.17, 15) is 4.79 Å². The van der Waals surface area contributed by atoms with Gasteiger partial charge in [-0.05, 0) is 13.2 Å². The zero-order valence-electron chi connectivity index (χ0n) is 14.5. The highest BCUT2D eigenvalue weighted by Crippen LogP contribution is 2.43. The summed E-state index contributed by atoms with van der Waals surface area (Å²) < 4.78 is 22.5. The number of hydrogen-bond donors (Lipinski definition) is 2. The summed E-state index contributed by atoms with van der Waals surface area (Å²) >= 11 is 1.28. The number of halogens is 1. The smallest absolute Gasteiger partial charge is 0.212 e. The molecule has 1 amide bonds. The summed E-state index contributed by atoms with van der Waals surface area (Å²) in [5.74, 6) is 0.0762. The number of hydrogen-bond acceptors (Lipinski definition) is 6. The number of anilines is 1. The van der Waals surface area contributed by atoms with Crippen LogP contribution in [-0.4, -0.2) is 43.8 Å². The highest BCUT2D eigenvalue weighted by Gasteiger charge is 2.24. The van der Waals surface area contributed by atoms with Crippen molar-refractivity contribution in [2.24, 2.45) is 0 Å². The second-order valence-electron chi connectivity index (χ2n) is 5.57. The molecule has 0 atom stereocenters. The second-order valence-corrected chi connectivity index (χ2v) is 6.39. The molecule has 0 saturated heterocycles. The van der Waals surface area contributed by atoms with Gasteiger partial charge in [0.15, 0.2) is 23.0 Å². The molecule has 0 aliphatic carbocycles. The normalized spacial score (nSPS) is 11.2. The standard InChI is InChI=1S/C17H15FN6O2S/c1-3-26-16-13(9-4-21-23-15(9)17(27-2)14(16)18)10-6-24-7-11(20-8-25)22-12(24)5-19-10/h4-8H,3H2,1-2H3,(H,20,25)(H,21,23). The quantitative estimate of drug-likeness (QED) is 0.390. The Bertz CT molecular complexity index is 1160. The molecule has 27 heavy (non-hydrogen) atoms. The number of thioether (sulfide) groups is 1. The maximum absolute atomic E-state index is 15.1. The lowest BCUT2D eigenvalue weighted by molar-refractivity contribution is -0.105. The molecule has 138 valence electrons. The molecule has 3 aromatic heterocycles. The third-order valence-electron chi connectivity index (χ3n) is 4.06. The summed E-state index contributed by atoms with van der Waals surface area (Å²) in [6.07, 6.45) is 8.88. The number of carbonyl (C=O) groups excluding carboxylic acids is 1. The van der Waals surface area contributed by atoms with Crippen LogP contribution in [0, 0.1) is 5.82 Å². The van der Waals surface area contributed by atoms with Gasteiger partial charge in [0, 0.05) is 11.6 Å². The van der Waals surface area contributed by atoms with E-state index in [1.165, 1.54) is 11.8 Å². The molecule has 4 aromatic rings. The maximum Gasteiger partial charge on any atom is 0.212 e. The largest absolute Gasteiger partial charge is 0.490 e. The predicted octanol–water partition coefficient (Wildman–Crippen LogP) is 3.10. The molecule has 0 fully saturated rings. The van der Waals surface area contributed by atoms with Crippen molar-refractivity contribution in [3.63, 3.8) is 0 Å². The molecule has 0 unspecified atom stereocenters. The van der Waals surface area contributed by atoms with Crippen molar-refractivity contribution in [1.82, 2.24) is 24.6 Å². The molecule has 8 nitrogen and oxygen atoms in total. The zero-order valence-corrected chi connectivity index (χ0v) is 15.3. The van der Waals surface area contributed by atoms with Crippen LogP contribution >= 0.6 is 11.8 Å². The number of nitrogens with zero attached hydrogens (tertiary/aromatic N) is 4. The summed E-state index contributed by atoms with van der Waals surface area (Å²) in [6, 6.07) is 0. The maximum atomic E-state index is 15.1. The summed E-state index contributed by atoms with van der Waals surface area (Å²) in [5.41, 5.74) is 2.15. The average molecular weight is 386 g/mol. The number of aromatic nitrogens is 5. The first kappa shape index (κ1) is 17.3. The first-order chi connectivity index (χ1) is 13.2. The summed E-state index contributed by atoms with van der Waals surface area (Å²) in [7, 11) is 0. The molecule has 10 heteroatoms. The van der Waals surface area contributed by atoms with Gasteiger partial charge in [0.2, 0.25) is 6.41 Å². The fourth-order valence-electron chi connectivity index (χ4n) is 2.98. The van der Waals surface area contributed by atoms with Crippen LogP contribution < -0.4 is 10.1 Å². The molecule has 0 bridgehead atoms. The lowest BCUT2D eigenvalue weighted by atomic mass is 10.1. The third kappa shape index (κ3) is 2.78. The van der Waals surface area contributed by atoms with E-state index in [1.54, 1.807) is 42.4 Å². The van der Waals surface area contributed by atoms with Gasteiger partial charge in [-0.2, -0.15) is 5.10 Å². The number of benzene rings is 1. The number of carbonyl (C=O) groups is 1. The summed E-state index contributed by atoms with van der Waals surface area (Å²) in [4.78, 5) is 19.7. The van der Waals surface area contributed by atoms with Crippen LogP contribution in [0.1, 0.15) is 6.92 Å². The van der Waals surface area contributed by atoms with E-state index < -0.39 is 5.82 Å². The van der Waals surface area contributed by atoms with Crippen LogP contribution in [0.2, 0.25) is 0 Å². The zero-order chi connectivity index (χ0) is 19.0. The van der Waals surface area contributed by atoms with E-state index >= 15 is 4.39 Å². The summed E-state index contributed by atoms with van der Waals surface area (Å²) in [5, 5.41) is 10.1. The Morgan fingerprint density at radius 1 is 1.41 bits per heavy atom. The Kier molecular flexibility index (Phi) is 4.40. The number of ether oxygens (including phenoxy) is 1. The van der Waals surface area contributed by atoms with Gasteiger partial charge in [0.05, 0.1) is 46.9 Å². The number of aromatic amines is 1. The number of H-pyrrole nitrogens is 1. The van der Waals surface area contributed by atoms with Crippen LogP contribution in [0.5, 0.6) is 5.75 Å². The van der Waals surface area contributed by atoms with E-state index in [-0.39, 0.29) is 5.75 Å².